The first-order valence-electron chi connectivity index (χ1n) is 9.95. The van der Waals surface area contributed by atoms with Crippen molar-refractivity contribution >= 4 is 42.3 Å². The highest BCUT2D eigenvalue weighted by Crippen LogP contribution is 2.17. The Balaban J connectivity index is 0.00000240. The van der Waals surface area contributed by atoms with Gasteiger partial charge in [-0.3, -0.25) is 14.5 Å². The zero-order chi connectivity index (χ0) is 20.6. The zero-order valence-electron chi connectivity index (χ0n) is 17.7. The van der Waals surface area contributed by atoms with Gasteiger partial charge in [0.1, 0.15) is 0 Å². The Bertz CT molecular complexity index is 840. The van der Waals surface area contributed by atoms with Crippen LogP contribution in [0.25, 0.3) is 0 Å². The summed E-state index contributed by atoms with van der Waals surface area (Å²) in [5.41, 5.74) is 8.08. The minimum Gasteiger partial charge on any atom is -0.351 e. The minimum atomic E-state index is -0.256. The fourth-order valence-electron chi connectivity index (χ4n) is 3.29. The van der Waals surface area contributed by atoms with Crippen LogP contribution in [0.15, 0.2) is 48.5 Å². The van der Waals surface area contributed by atoms with Gasteiger partial charge in [0.05, 0.1) is 11.3 Å². The maximum Gasteiger partial charge on any atom is 0.255 e. The minimum absolute atomic E-state index is 0. The van der Waals surface area contributed by atoms with Crippen molar-refractivity contribution in [3.63, 3.8) is 0 Å². The molecule has 0 aliphatic carbocycles. The number of carbonyl (C=O) groups excluding carboxylic acids is 2. The van der Waals surface area contributed by atoms with Crippen molar-refractivity contribution in [1.29, 1.82) is 0 Å². The van der Waals surface area contributed by atoms with Gasteiger partial charge in [0.2, 0.25) is 0 Å². The van der Waals surface area contributed by atoms with Gasteiger partial charge in [-0.1, -0.05) is 24.3 Å². The van der Waals surface area contributed by atoms with E-state index in [1.54, 1.807) is 24.3 Å². The van der Waals surface area contributed by atoms with Crippen LogP contribution in [-0.4, -0.2) is 67.9 Å². The van der Waals surface area contributed by atoms with Crippen molar-refractivity contribution in [2.75, 3.05) is 51.6 Å². The van der Waals surface area contributed by atoms with Gasteiger partial charge in [0.25, 0.3) is 11.8 Å². The molecule has 2 amide bonds. The second-order valence-corrected chi connectivity index (χ2v) is 7.32. The summed E-state index contributed by atoms with van der Waals surface area (Å²) in [6, 6.07) is 14.6. The van der Waals surface area contributed by atoms with Gasteiger partial charge in [-0.25, -0.2) is 0 Å². The number of halogens is 2. The fourth-order valence-corrected chi connectivity index (χ4v) is 3.29. The summed E-state index contributed by atoms with van der Waals surface area (Å²) in [6.07, 6.45) is 0. The summed E-state index contributed by atoms with van der Waals surface area (Å²) in [4.78, 5) is 29.7. The number of anilines is 1. The quantitative estimate of drug-likeness (QED) is 0.580. The molecule has 2 aromatic carbocycles. The van der Waals surface area contributed by atoms with Gasteiger partial charge in [-0.2, -0.15) is 0 Å². The highest BCUT2D eigenvalue weighted by atomic mass is 35.5. The molecule has 9 heteroatoms. The molecule has 1 heterocycles. The molecule has 0 bridgehead atoms. The van der Waals surface area contributed by atoms with Crippen LogP contribution < -0.4 is 16.4 Å². The summed E-state index contributed by atoms with van der Waals surface area (Å²) in [7, 11) is 2.14. The molecule has 170 valence electrons. The topological polar surface area (TPSA) is 90.7 Å². The third kappa shape index (κ3) is 7.79. The lowest BCUT2D eigenvalue weighted by Crippen LogP contribution is -2.43. The highest BCUT2D eigenvalue weighted by molar-refractivity contribution is 6.09. The van der Waals surface area contributed by atoms with Crippen molar-refractivity contribution in [3.8, 4) is 0 Å². The largest absolute Gasteiger partial charge is 0.351 e. The van der Waals surface area contributed by atoms with E-state index in [-0.39, 0.29) is 36.6 Å². The molecule has 7 nitrogen and oxygen atoms in total. The van der Waals surface area contributed by atoms with E-state index in [2.05, 4.69) is 27.5 Å². The average Bonchev–Trinajstić information content (AvgIpc) is 2.74. The average molecular weight is 468 g/mol. The van der Waals surface area contributed by atoms with E-state index in [9.17, 15) is 9.59 Å². The number of benzene rings is 2. The SMILES string of the molecule is CN1CCN(Cc2ccc(C(=O)Nc3ccccc3C(=O)NCCN)cc2)CC1.Cl.Cl. The van der Waals surface area contributed by atoms with Crippen LogP contribution in [0.2, 0.25) is 0 Å². The number of para-hydroxylation sites is 1. The smallest absolute Gasteiger partial charge is 0.255 e. The Morgan fingerprint density at radius 1 is 0.935 bits per heavy atom. The van der Waals surface area contributed by atoms with Crippen molar-refractivity contribution < 1.29 is 9.59 Å². The van der Waals surface area contributed by atoms with E-state index in [1.165, 1.54) is 5.56 Å². The number of hydrogen-bond donors (Lipinski definition) is 3. The van der Waals surface area contributed by atoms with Crippen LogP contribution in [0.3, 0.4) is 0 Å². The zero-order valence-corrected chi connectivity index (χ0v) is 19.3. The van der Waals surface area contributed by atoms with Crippen LogP contribution in [0.4, 0.5) is 5.69 Å². The molecular formula is C22H31Cl2N5O2. The second-order valence-electron chi connectivity index (χ2n) is 7.32. The molecule has 1 saturated heterocycles. The first-order chi connectivity index (χ1) is 14.1. The second kappa shape index (κ2) is 13.3. The summed E-state index contributed by atoms with van der Waals surface area (Å²) in [6.45, 7) is 5.91. The first kappa shape index (κ1) is 26.9. The number of nitrogens with one attached hydrogen (secondary N) is 2. The molecule has 1 aliphatic rings. The van der Waals surface area contributed by atoms with Crippen LogP contribution >= 0.6 is 24.8 Å². The molecule has 1 aliphatic heterocycles. The first-order valence-corrected chi connectivity index (χ1v) is 9.95. The van der Waals surface area contributed by atoms with Gasteiger partial charge in [0.15, 0.2) is 0 Å². The third-order valence-electron chi connectivity index (χ3n) is 5.07. The van der Waals surface area contributed by atoms with Gasteiger partial charge >= 0.3 is 0 Å². The fraction of sp³-hybridized carbons (Fsp3) is 0.364. The maximum atomic E-state index is 12.7. The molecule has 31 heavy (non-hydrogen) atoms. The van der Waals surface area contributed by atoms with Crippen molar-refractivity contribution in [2.45, 2.75) is 6.54 Å². The Morgan fingerprint density at radius 3 is 2.23 bits per heavy atom. The lowest BCUT2D eigenvalue weighted by atomic mass is 10.1. The summed E-state index contributed by atoms with van der Waals surface area (Å²) < 4.78 is 0. The molecule has 4 N–H and O–H groups in total. The third-order valence-corrected chi connectivity index (χ3v) is 5.07. The van der Waals surface area contributed by atoms with Gasteiger partial charge in [-0.05, 0) is 36.9 Å². The van der Waals surface area contributed by atoms with Gasteiger partial charge < -0.3 is 21.3 Å². The van der Waals surface area contributed by atoms with E-state index in [1.807, 2.05) is 24.3 Å². The van der Waals surface area contributed by atoms with Crippen LogP contribution in [-0.2, 0) is 6.54 Å². The normalized spacial score (nSPS) is 14.1. The standard InChI is InChI=1S/C22H29N5O2.2ClH/c1-26-12-14-27(15-13-26)16-17-6-8-18(9-7-17)21(28)25-20-5-3-2-4-19(20)22(29)24-11-10-23;;/h2-9H,10-16,23H2,1H3,(H,24,29)(H,25,28);2*1H. The predicted molar refractivity (Wildman–Crippen MR) is 129 cm³/mol. The molecular weight excluding hydrogens is 437 g/mol. The van der Waals surface area contributed by atoms with E-state index in [4.69, 9.17) is 5.73 Å². The molecule has 2 aromatic rings. The Hall–Kier alpha value is -2.16. The van der Waals surface area contributed by atoms with Gasteiger partial charge in [0, 0.05) is 51.4 Å². The Labute approximate surface area is 196 Å². The lowest BCUT2D eigenvalue weighted by Gasteiger charge is -2.32. The summed E-state index contributed by atoms with van der Waals surface area (Å²) >= 11 is 0. The molecule has 0 aromatic heterocycles. The number of amides is 2. The molecule has 1 fully saturated rings. The number of carbonyl (C=O) groups is 2. The number of rotatable bonds is 7. The molecule has 3 rings (SSSR count). The van der Waals surface area contributed by atoms with Gasteiger partial charge in [-0.15, -0.1) is 24.8 Å². The van der Waals surface area contributed by atoms with Crippen LogP contribution in [0.1, 0.15) is 26.3 Å². The molecule has 0 atom stereocenters. The molecule has 0 unspecified atom stereocenters. The summed E-state index contributed by atoms with van der Waals surface area (Å²) in [5.74, 6) is -0.496. The van der Waals surface area contributed by atoms with Crippen molar-refractivity contribution in [3.05, 3.63) is 65.2 Å². The summed E-state index contributed by atoms with van der Waals surface area (Å²) in [5, 5.41) is 5.57. The Kier molecular flexibility index (Phi) is 11.5. The van der Waals surface area contributed by atoms with Crippen LogP contribution in [0.5, 0.6) is 0 Å². The van der Waals surface area contributed by atoms with Crippen molar-refractivity contribution in [2.24, 2.45) is 5.73 Å². The van der Waals surface area contributed by atoms with E-state index in [0.717, 1.165) is 32.7 Å². The lowest BCUT2D eigenvalue weighted by molar-refractivity contribution is 0.0955. The molecule has 0 saturated carbocycles. The maximum absolute atomic E-state index is 12.7. The number of likely N-dealkylation sites (N-methyl/N-ethyl adjacent to an activating group) is 1. The monoisotopic (exact) mass is 467 g/mol. The number of nitrogens with two attached hydrogens (primary N) is 1. The molecule has 0 spiro atoms. The number of piperazine rings is 1. The number of hydrogen-bond acceptors (Lipinski definition) is 5. The van der Waals surface area contributed by atoms with Crippen molar-refractivity contribution in [1.82, 2.24) is 15.1 Å². The number of nitrogens with zero attached hydrogens (tertiary/aromatic N) is 2. The molecule has 0 radical (unpaired) electrons. The van der Waals surface area contributed by atoms with Crippen LogP contribution in [0, 0.1) is 0 Å². The van der Waals surface area contributed by atoms with E-state index >= 15 is 0 Å². The highest BCUT2D eigenvalue weighted by Gasteiger charge is 2.15. The van der Waals surface area contributed by atoms with E-state index < -0.39 is 0 Å². The Morgan fingerprint density at radius 2 is 1.58 bits per heavy atom. The van der Waals surface area contributed by atoms with E-state index in [0.29, 0.717) is 29.9 Å². The predicted octanol–water partition coefficient (Wildman–Crippen LogP) is 2.22.